The second kappa shape index (κ2) is 13.4. The summed E-state index contributed by atoms with van der Waals surface area (Å²) >= 11 is 0. The largest absolute Gasteiger partial charge is 0.311 e. The zero-order valence-electron chi connectivity index (χ0n) is 40.9. The summed E-state index contributed by atoms with van der Waals surface area (Å²) in [6.45, 7) is 0.235. The van der Waals surface area contributed by atoms with Crippen molar-refractivity contribution < 1.29 is 0 Å². The topological polar surface area (TPSA) is 6.48 Å². The van der Waals surface area contributed by atoms with E-state index in [1.165, 1.54) is 163 Å². The molecule has 5 aromatic rings. The summed E-state index contributed by atoms with van der Waals surface area (Å²) in [6.07, 6.45) is 28.8. The Labute approximate surface area is 411 Å². The molecular weight excluding hydrogens is 832 g/mol. The van der Waals surface area contributed by atoms with E-state index in [-0.39, 0.29) is 6.71 Å². The summed E-state index contributed by atoms with van der Waals surface area (Å²) in [6, 6.07) is 35.3. The van der Waals surface area contributed by atoms with Gasteiger partial charge in [-0.15, -0.1) is 0 Å². The van der Waals surface area contributed by atoms with Crippen LogP contribution < -0.4 is 26.2 Å². The Kier molecular flexibility index (Phi) is 7.48. The average Bonchev–Trinajstić information content (AvgIpc) is 3.79. The Balaban J connectivity index is 0.870. The fourth-order valence-electron chi connectivity index (χ4n) is 22.4. The van der Waals surface area contributed by atoms with Crippen LogP contribution in [0.3, 0.4) is 0 Å². The molecule has 2 nitrogen and oxygen atoms in total. The molecule has 2 aliphatic heterocycles. The number of benzene rings is 5. The number of hydrogen-bond donors (Lipinski definition) is 0. The van der Waals surface area contributed by atoms with Crippen LogP contribution in [0, 0.1) is 47.3 Å². The average molecular weight is 901 g/mol. The molecular formula is C66H69BN2. The van der Waals surface area contributed by atoms with Crippen LogP contribution in [0.4, 0.5) is 34.1 Å². The third-order valence-corrected chi connectivity index (χ3v) is 24.1. The quantitative estimate of drug-likeness (QED) is 0.160. The summed E-state index contributed by atoms with van der Waals surface area (Å²) in [5.74, 6) is 13.3. The number of hydrogen-bond acceptors (Lipinski definition) is 2. The molecule has 8 atom stereocenters. The van der Waals surface area contributed by atoms with E-state index < -0.39 is 0 Å². The third kappa shape index (κ3) is 5.23. The van der Waals surface area contributed by atoms with Gasteiger partial charge in [0.2, 0.25) is 0 Å². The van der Waals surface area contributed by atoms with Crippen molar-refractivity contribution >= 4 is 57.2 Å². The minimum Gasteiger partial charge on any atom is -0.311 e. The van der Waals surface area contributed by atoms with E-state index in [2.05, 4.69) is 88.7 Å². The molecule has 0 N–H and O–H groups in total. The molecule has 16 aliphatic carbocycles. The van der Waals surface area contributed by atoms with Crippen LogP contribution in [-0.4, -0.2) is 6.71 Å². The van der Waals surface area contributed by atoms with Crippen LogP contribution in [0.5, 0.6) is 0 Å². The van der Waals surface area contributed by atoms with Gasteiger partial charge in [0.15, 0.2) is 0 Å². The molecule has 0 aromatic heterocycles. The van der Waals surface area contributed by atoms with Gasteiger partial charge in [0.25, 0.3) is 6.71 Å². The molecule has 8 fully saturated rings. The minimum atomic E-state index is 0.235. The van der Waals surface area contributed by atoms with Crippen LogP contribution in [0.15, 0.2) is 78.9 Å². The fraction of sp³-hybridized carbons (Fsp3) is 0.545. The molecule has 16 bridgehead atoms. The highest BCUT2D eigenvalue weighted by Crippen LogP contribution is 2.62. The standard InChI is InChI=1S/C66H69BN2/c1-2-62-66-63(3-1)69(51-5-7-53-43-14-36-9-37(15-43)19-45(18-36)55(53)29-51)65-33-59-49-26-40-11-41(27-49)23-47(22-40)57(59)31-61(65)67(66)60-30-56-46-20-38-10-39(21-46)25-48(24-38)58(56)32-64(60)68(62)50-4-6-52-42-12-34-8-35(13-42)17-44(16-34)54(52)28-50/h1-7,28-49H,8-27H2. The van der Waals surface area contributed by atoms with Crippen molar-refractivity contribution in [2.75, 3.05) is 9.80 Å². The lowest BCUT2D eigenvalue weighted by atomic mass is 9.33. The summed E-state index contributed by atoms with van der Waals surface area (Å²) < 4.78 is 0. The normalized spacial score (nSPS) is 39.5. The monoisotopic (exact) mass is 901 g/mol. The number of fused-ring (bicyclic) bond motifs is 4. The van der Waals surface area contributed by atoms with Crippen molar-refractivity contribution in [3.63, 3.8) is 0 Å². The highest BCUT2D eigenvalue weighted by molar-refractivity contribution is 7.00. The maximum absolute atomic E-state index is 2.91. The first kappa shape index (κ1) is 38.4. The molecule has 18 aliphatic rings. The van der Waals surface area contributed by atoms with Crippen molar-refractivity contribution in [1.29, 1.82) is 0 Å². The Bertz CT molecular complexity index is 2850. The Morgan fingerprint density at radius 3 is 0.899 bits per heavy atom. The molecule has 2 heterocycles. The van der Waals surface area contributed by atoms with Crippen molar-refractivity contribution in [3.8, 4) is 0 Å². The van der Waals surface area contributed by atoms with E-state index in [4.69, 9.17) is 0 Å². The molecule has 0 saturated heterocycles. The summed E-state index contributed by atoms with van der Waals surface area (Å²) in [7, 11) is 0. The maximum Gasteiger partial charge on any atom is 0.252 e. The zero-order valence-corrected chi connectivity index (χ0v) is 40.9. The summed E-state index contributed by atoms with van der Waals surface area (Å²) in [5, 5.41) is 0. The van der Waals surface area contributed by atoms with Crippen LogP contribution in [0.25, 0.3) is 0 Å². The molecule has 23 rings (SSSR count). The second-order valence-corrected chi connectivity index (χ2v) is 27.7. The van der Waals surface area contributed by atoms with Crippen LogP contribution in [-0.2, 0) is 0 Å². The van der Waals surface area contributed by atoms with Crippen molar-refractivity contribution in [2.24, 2.45) is 47.3 Å². The lowest BCUT2D eigenvalue weighted by Gasteiger charge is -2.45. The lowest BCUT2D eigenvalue weighted by molar-refractivity contribution is 0.165. The smallest absolute Gasteiger partial charge is 0.252 e. The van der Waals surface area contributed by atoms with Gasteiger partial charge in [0, 0.05) is 34.1 Å². The minimum absolute atomic E-state index is 0.235. The molecule has 3 heteroatoms. The van der Waals surface area contributed by atoms with E-state index in [9.17, 15) is 0 Å². The van der Waals surface area contributed by atoms with E-state index in [0.717, 1.165) is 94.7 Å². The van der Waals surface area contributed by atoms with Gasteiger partial charge in [0.05, 0.1) is 0 Å². The van der Waals surface area contributed by atoms with Crippen molar-refractivity contribution in [1.82, 2.24) is 0 Å². The maximum atomic E-state index is 2.91. The lowest BCUT2D eigenvalue weighted by Crippen LogP contribution is -2.61. The molecule has 69 heavy (non-hydrogen) atoms. The first-order chi connectivity index (χ1) is 34.0. The zero-order chi connectivity index (χ0) is 44.1. The molecule has 0 radical (unpaired) electrons. The predicted octanol–water partition coefficient (Wildman–Crippen LogP) is 15.3. The van der Waals surface area contributed by atoms with Crippen molar-refractivity contribution in [3.05, 3.63) is 123 Å². The fourth-order valence-corrected chi connectivity index (χ4v) is 22.4. The first-order valence-electron chi connectivity index (χ1n) is 29.4. The van der Waals surface area contributed by atoms with E-state index >= 15 is 0 Å². The number of nitrogens with zero attached hydrogens (tertiary/aromatic N) is 2. The molecule has 5 aromatic carbocycles. The van der Waals surface area contributed by atoms with Crippen LogP contribution in [0.1, 0.15) is 220 Å². The van der Waals surface area contributed by atoms with Gasteiger partial charge < -0.3 is 9.80 Å². The van der Waals surface area contributed by atoms with Gasteiger partial charge in [-0.2, -0.15) is 0 Å². The number of anilines is 6. The van der Waals surface area contributed by atoms with Gasteiger partial charge in [-0.05, 0) is 333 Å². The van der Waals surface area contributed by atoms with Gasteiger partial charge >= 0.3 is 0 Å². The van der Waals surface area contributed by atoms with Crippen molar-refractivity contribution in [2.45, 2.75) is 176 Å². The first-order valence-corrected chi connectivity index (χ1v) is 29.4. The molecule has 8 saturated carbocycles. The van der Waals surface area contributed by atoms with Gasteiger partial charge in [0.1, 0.15) is 0 Å². The van der Waals surface area contributed by atoms with E-state index in [1.54, 1.807) is 60.9 Å². The predicted molar refractivity (Wildman–Crippen MR) is 283 cm³/mol. The molecule has 346 valence electrons. The van der Waals surface area contributed by atoms with Gasteiger partial charge in [-0.25, -0.2) is 0 Å². The van der Waals surface area contributed by atoms with E-state index in [0.29, 0.717) is 0 Å². The third-order valence-electron chi connectivity index (χ3n) is 24.1. The molecule has 0 spiro atoms. The Morgan fingerprint density at radius 1 is 0.275 bits per heavy atom. The summed E-state index contributed by atoms with van der Waals surface area (Å²) in [5.41, 5.74) is 27.6. The molecule has 0 amide bonds. The van der Waals surface area contributed by atoms with Gasteiger partial charge in [-0.3, -0.25) is 0 Å². The highest BCUT2D eigenvalue weighted by atomic mass is 15.2. The van der Waals surface area contributed by atoms with E-state index in [1.807, 2.05) is 0 Å². The van der Waals surface area contributed by atoms with Crippen LogP contribution in [0.2, 0.25) is 0 Å². The van der Waals surface area contributed by atoms with Gasteiger partial charge in [-0.1, -0.05) is 30.3 Å². The molecule has 8 unspecified atom stereocenters. The number of rotatable bonds is 2. The van der Waals surface area contributed by atoms with Crippen LogP contribution >= 0.6 is 0 Å². The summed E-state index contributed by atoms with van der Waals surface area (Å²) in [4.78, 5) is 5.74. The highest BCUT2D eigenvalue weighted by Gasteiger charge is 2.51. The second-order valence-electron chi connectivity index (χ2n) is 27.7. The SMILES string of the molecule is c1cc2c3c(c1)N(c1ccc4c(c1)C1CC5CC(CC4C5)C1)c1cc4c(cc1B3c1cc3c(cc1N2c1ccc2c(c1)C1CC5CC(CC2C5)C1)C1CC2CC(CC3C2)C1)C1CC2CC(C1)CC4C2. The Hall–Kier alpha value is -4.24. The Morgan fingerprint density at radius 2 is 0.565 bits per heavy atom.